The quantitative estimate of drug-likeness (QED) is 0.152. The molecule has 0 spiro atoms. The minimum Gasteiger partial charge on any atom is -0.355 e. The Kier molecular flexibility index (Phi) is 6.09. The van der Waals surface area contributed by atoms with Crippen molar-refractivity contribution in [2.75, 3.05) is 18.1 Å². The van der Waals surface area contributed by atoms with Crippen LogP contribution in [0.1, 0.15) is 6.42 Å². The van der Waals surface area contributed by atoms with Crippen molar-refractivity contribution in [3.8, 4) is 0 Å². The smallest absolute Gasteiger partial charge is 0.264 e. The second kappa shape index (κ2) is 6.23. The molecule has 84 valence electrons. The highest BCUT2D eigenvalue weighted by Crippen LogP contribution is 1.88. The van der Waals surface area contributed by atoms with Crippen LogP contribution in [0.3, 0.4) is 0 Å². The maximum absolute atomic E-state index is 11.0. The van der Waals surface area contributed by atoms with Gasteiger partial charge in [-0.05, 0) is 6.42 Å². The molecule has 0 saturated carbocycles. The van der Waals surface area contributed by atoms with Gasteiger partial charge in [-0.2, -0.15) is 21.0 Å². The Labute approximate surface area is 88.4 Å². The second-order valence-corrected chi connectivity index (χ2v) is 4.66. The molecule has 0 rings (SSSR count). The summed E-state index contributed by atoms with van der Waals surface area (Å²) in [7, 11) is -3.95. The van der Waals surface area contributed by atoms with Crippen molar-refractivity contribution in [2.24, 2.45) is 5.73 Å². The highest BCUT2D eigenvalue weighted by molar-refractivity contribution is 7.85. The van der Waals surface area contributed by atoms with Crippen LogP contribution in [-0.2, 0) is 14.9 Å². The predicted octanol–water partition coefficient (Wildman–Crippen LogP) is -1.36. The molecule has 0 aliphatic heterocycles. The van der Waals surface area contributed by atoms with Crippen LogP contribution in [-0.4, -0.2) is 43.0 Å². The van der Waals surface area contributed by atoms with Crippen molar-refractivity contribution < 1.29 is 17.8 Å². The molecule has 0 bridgehead atoms. The lowest BCUT2D eigenvalue weighted by Crippen LogP contribution is -2.42. The zero-order valence-electron chi connectivity index (χ0n) is 7.51. The molecule has 0 heterocycles. The lowest BCUT2D eigenvalue weighted by atomic mass is 10.5. The lowest BCUT2D eigenvalue weighted by Gasteiger charge is -2.08. The molecule has 1 atom stereocenters. The van der Waals surface area contributed by atoms with Gasteiger partial charge in [-0.15, -0.1) is 0 Å². The fourth-order valence-corrected chi connectivity index (χ4v) is 1.36. The van der Waals surface area contributed by atoms with Crippen LogP contribution in [0.15, 0.2) is 0 Å². The summed E-state index contributed by atoms with van der Waals surface area (Å²) in [6.07, 6.45) is 0.157. The summed E-state index contributed by atoms with van der Waals surface area (Å²) in [6.45, 7) is 0.167. The highest BCUT2D eigenvalue weighted by atomic mass is 32.2. The topological polar surface area (TPSA) is 109 Å². The van der Waals surface area contributed by atoms with E-state index < -0.39 is 16.2 Å². The number of nitrogens with two attached hydrogens (primary N) is 1. The number of carbonyl (C=O) groups excluding carboxylic acids is 1. The second-order valence-electron chi connectivity index (χ2n) is 2.72. The van der Waals surface area contributed by atoms with Crippen molar-refractivity contribution in [1.29, 1.82) is 0 Å². The average Bonchev–Trinajstić information content (AvgIpc) is 2.09. The van der Waals surface area contributed by atoms with E-state index in [0.717, 1.165) is 0 Å². The molecule has 0 radical (unpaired) electrons. The van der Waals surface area contributed by atoms with Crippen molar-refractivity contribution in [1.82, 2.24) is 5.32 Å². The van der Waals surface area contributed by atoms with Crippen LogP contribution in [0.2, 0.25) is 0 Å². The molecule has 14 heavy (non-hydrogen) atoms. The Morgan fingerprint density at radius 3 is 2.57 bits per heavy atom. The Morgan fingerprint density at radius 2 is 2.14 bits per heavy atom. The van der Waals surface area contributed by atoms with Crippen LogP contribution < -0.4 is 11.1 Å². The normalized spacial score (nSPS) is 13.6. The molecular weight excluding hydrogens is 230 g/mol. The van der Waals surface area contributed by atoms with E-state index >= 15 is 0 Å². The van der Waals surface area contributed by atoms with Crippen LogP contribution in [0.25, 0.3) is 0 Å². The molecule has 0 aliphatic carbocycles. The van der Waals surface area contributed by atoms with Crippen molar-refractivity contribution >= 4 is 28.7 Å². The third-order valence-corrected chi connectivity index (χ3v) is 2.61. The van der Waals surface area contributed by atoms with Crippen LogP contribution in [0.4, 0.5) is 0 Å². The molecule has 6 nitrogen and oxygen atoms in total. The van der Waals surface area contributed by atoms with Gasteiger partial charge >= 0.3 is 0 Å². The highest BCUT2D eigenvalue weighted by Gasteiger charge is 2.10. The molecule has 0 fully saturated rings. The Bertz CT molecular complexity index is 278. The summed E-state index contributed by atoms with van der Waals surface area (Å²) in [4.78, 5) is 11.0. The molecule has 0 aromatic carbocycles. The van der Waals surface area contributed by atoms with E-state index in [-0.39, 0.29) is 30.4 Å². The minimum absolute atomic E-state index is 0.157. The summed E-state index contributed by atoms with van der Waals surface area (Å²) >= 11 is 3.82. The molecule has 4 N–H and O–H groups in total. The standard InChI is InChI=1S/C6H14N2O4S2/c7-5(4-13)6(9)8-2-1-3-14(10,11)12/h5,13H,1-4,7H2,(H,8,9)(H,10,11,12)/t5-/m0/s1/i6+1,8+1. The number of hydrogen-bond acceptors (Lipinski definition) is 5. The van der Waals surface area contributed by atoms with E-state index in [1.165, 1.54) is 0 Å². The summed E-state index contributed by atoms with van der Waals surface area (Å²) in [5.41, 5.74) is 5.33. The van der Waals surface area contributed by atoms with Crippen LogP contribution in [0, 0.1) is 0 Å². The first kappa shape index (κ1) is 13.7. The van der Waals surface area contributed by atoms with Crippen molar-refractivity contribution in [2.45, 2.75) is 12.5 Å². The number of hydrogen-bond donors (Lipinski definition) is 4. The van der Waals surface area contributed by atoms with Gasteiger partial charge in [0.05, 0.1) is 11.8 Å². The molecule has 0 aromatic rings. The Morgan fingerprint density at radius 1 is 1.57 bits per heavy atom. The van der Waals surface area contributed by atoms with Crippen molar-refractivity contribution in [3.63, 3.8) is 0 Å². The zero-order valence-corrected chi connectivity index (χ0v) is 9.22. The SMILES string of the molecule is N[C@@H](CS)[13C](=O)[15NH]CCCS(=O)(=O)O. The number of rotatable bonds is 6. The third kappa shape index (κ3) is 7.13. The third-order valence-electron chi connectivity index (χ3n) is 1.41. The van der Waals surface area contributed by atoms with E-state index in [1.54, 1.807) is 0 Å². The Balaban J connectivity index is 3.61. The monoisotopic (exact) mass is 244 g/mol. The number of carbonyl (C=O) groups is 1. The van der Waals surface area contributed by atoms with Crippen LogP contribution >= 0.6 is 12.6 Å². The summed E-state index contributed by atoms with van der Waals surface area (Å²) in [5.74, 6) is -0.525. The van der Waals surface area contributed by atoms with E-state index in [2.05, 4.69) is 17.9 Å². The predicted molar refractivity (Wildman–Crippen MR) is 55.9 cm³/mol. The van der Waals surface area contributed by atoms with Gasteiger partial charge in [0, 0.05) is 12.3 Å². The van der Waals surface area contributed by atoms with E-state index in [0.29, 0.717) is 0 Å². The fraction of sp³-hybridized carbons (Fsp3) is 0.833. The van der Waals surface area contributed by atoms with E-state index in [4.69, 9.17) is 10.3 Å². The number of amides is 1. The van der Waals surface area contributed by atoms with E-state index in [1.807, 2.05) is 0 Å². The molecular formula is C6H14N2O4S2. The Hall–Kier alpha value is -0.310. The van der Waals surface area contributed by atoms with Crippen molar-refractivity contribution in [3.05, 3.63) is 0 Å². The largest absolute Gasteiger partial charge is 0.355 e. The first-order chi connectivity index (χ1) is 6.37. The van der Waals surface area contributed by atoms with Crippen LogP contribution in [0.5, 0.6) is 0 Å². The molecule has 0 aromatic heterocycles. The van der Waals surface area contributed by atoms with Gasteiger partial charge in [-0.3, -0.25) is 9.35 Å². The van der Waals surface area contributed by atoms with Gasteiger partial charge in [0.15, 0.2) is 0 Å². The van der Waals surface area contributed by atoms with Gasteiger partial charge < -0.3 is 11.1 Å². The number of thiol groups is 1. The lowest BCUT2D eigenvalue weighted by molar-refractivity contribution is -0.121. The number of nitrogens with one attached hydrogen (secondary N) is 1. The molecule has 0 aliphatic rings. The molecule has 8 heteroatoms. The first-order valence-electron chi connectivity index (χ1n) is 3.96. The molecule has 1 amide bonds. The van der Waals surface area contributed by atoms with E-state index in [9.17, 15) is 13.2 Å². The maximum atomic E-state index is 11.0. The minimum atomic E-state index is -3.95. The van der Waals surface area contributed by atoms with Gasteiger partial charge in [0.1, 0.15) is 0 Å². The zero-order chi connectivity index (χ0) is 11.2. The molecule has 0 unspecified atom stereocenters. The molecule has 0 saturated heterocycles. The summed E-state index contributed by atoms with van der Waals surface area (Å²) in [5, 5.41) is 2.42. The van der Waals surface area contributed by atoms with Gasteiger partial charge in [0.25, 0.3) is 10.1 Å². The maximum Gasteiger partial charge on any atom is 0.264 e. The average molecular weight is 244 g/mol. The van der Waals surface area contributed by atoms with Gasteiger partial charge in [0.2, 0.25) is 5.91 Å². The summed E-state index contributed by atoms with van der Waals surface area (Å²) < 4.78 is 28.9. The first-order valence-corrected chi connectivity index (χ1v) is 6.20. The van der Waals surface area contributed by atoms with Gasteiger partial charge in [-0.1, -0.05) is 0 Å². The fourth-order valence-electron chi connectivity index (χ4n) is 0.680. The van der Waals surface area contributed by atoms with Gasteiger partial charge in [-0.25, -0.2) is 0 Å². The summed E-state index contributed by atoms with van der Waals surface area (Å²) in [6, 6.07) is -0.691.